The van der Waals surface area contributed by atoms with Crippen molar-refractivity contribution in [1.82, 2.24) is 4.98 Å². The van der Waals surface area contributed by atoms with Crippen LogP contribution in [0.15, 0.2) is 46.7 Å². The van der Waals surface area contributed by atoms with E-state index < -0.39 is 15.1 Å². The molecule has 1 aliphatic rings. The van der Waals surface area contributed by atoms with E-state index >= 15 is 0 Å². The van der Waals surface area contributed by atoms with E-state index in [2.05, 4.69) is 41.5 Å². The third-order valence-electron chi connectivity index (χ3n) is 6.03. The topological polar surface area (TPSA) is 50.3 Å². The molecule has 4 rings (SSSR count). The Morgan fingerprint density at radius 3 is 2.38 bits per heavy atom. The van der Waals surface area contributed by atoms with Gasteiger partial charge in [0.1, 0.15) is 0 Å². The molecule has 1 saturated heterocycles. The lowest BCUT2D eigenvalue weighted by Crippen LogP contribution is -2.39. The first-order valence-corrected chi connectivity index (χ1v) is 13.9. The molecule has 0 bridgehead atoms. The third kappa shape index (κ3) is 4.98. The number of rotatable bonds is 6. The van der Waals surface area contributed by atoms with Gasteiger partial charge in [-0.05, 0) is 55.0 Å². The van der Waals surface area contributed by atoms with Gasteiger partial charge in [0.2, 0.25) is 0 Å². The summed E-state index contributed by atoms with van der Waals surface area (Å²) in [6, 6.07) is 11.8. The highest BCUT2D eigenvalue weighted by Gasteiger charge is 2.33. The predicted octanol–water partition coefficient (Wildman–Crippen LogP) is 6.35. The van der Waals surface area contributed by atoms with Crippen LogP contribution in [0, 0.1) is 6.92 Å². The van der Waals surface area contributed by atoms with Crippen LogP contribution in [0.2, 0.25) is 10.0 Å². The van der Waals surface area contributed by atoms with Gasteiger partial charge in [-0.25, -0.2) is 13.4 Å². The van der Waals surface area contributed by atoms with Crippen LogP contribution in [0.5, 0.6) is 0 Å². The SMILES string of the molecule is CCc1ccc(Cc2csc(N3CCC(S(=O)(=O)c4cc(C)c(Cl)cc4Cl)CC3)n2)cc1. The lowest BCUT2D eigenvalue weighted by Gasteiger charge is -2.31. The number of sulfone groups is 1. The van der Waals surface area contributed by atoms with E-state index in [9.17, 15) is 8.42 Å². The number of anilines is 1. The maximum atomic E-state index is 13.2. The standard InChI is InChI=1S/C24H26Cl2N2O2S2/c1-3-17-4-6-18(7-5-17)13-19-15-31-24(27-19)28-10-8-20(9-11-28)32(29,30)23-12-16(2)21(25)14-22(23)26/h4-7,12,14-15,20H,3,8-11,13H2,1-2H3. The Labute approximate surface area is 204 Å². The van der Waals surface area contributed by atoms with E-state index in [0.29, 0.717) is 36.5 Å². The van der Waals surface area contributed by atoms with Crippen molar-refractivity contribution in [1.29, 1.82) is 0 Å². The van der Waals surface area contributed by atoms with Crippen LogP contribution in [-0.2, 0) is 22.7 Å². The van der Waals surface area contributed by atoms with Gasteiger partial charge in [-0.2, -0.15) is 0 Å². The maximum Gasteiger partial charge on any atom is 0.185 e. The summed E-state index contributed by atoms with van der Waals surface area (Å²) in [7, 11) is -3.51. The zero-order valence-electron chi connectivity index (χ0n) is 18.1. The van der Waals surface area contributed by atoms with E-state index in [0.717, 1.165) is 23.7 Å². The van der Waals surface area contributed by atoms with Gasteiger partial charge in [-0.1, -0.05) is 54.4 Å². The van der Waals surface area contributed by atoms with Gasteiger partial charge in [-0.15, -0.1) is 11.3 Å². The molecule has 1 aliphatic heterocycles. The second kappa shape index (κ2) is 9.72. The lowest BCUT2D eigenvalue weighted by molar-refractivity contribution is 0.529. The molecule has 0 radical (unpaired) electrons. The fourth-order valence-electron chi connectivity index (χ4n) is 4.01. The lowest BCUT2D eigenvalue weighted by atomic mass is 10.1. The monoisotopic (exact) mass is 508 g/mol. The van der Waals surface area contributed by atoms with Gasteiger partial charge in [0, 0.05) is 29.9 Å². The van der Waals surface area contributed by atoms with Crippen molar-refractivity contribution < 1.29 is 8.42 Å². The van der Waals surface area contributed by atoms with Crippen LogP contribution in [-0.4, -0.2) is 31.7 Å². The van der Waals surface area contributed by atoms with Crippen molar-refractivity contribution in [3.63, 3.8) is 0 Å². The van der Waals surface area contributed by atoms with Gasteiger partial charge >= 0.3 is 0 Å². The summed E-state index contributed by atoms with van der Waals surface area (Å²) < 4.78 is 26.4. The quantitative estimate of drug-likeness (QED) is 0.388. The van der Waals surface area contributed by atoms with E-state index in [1.165, 1.54) is 17.2 Å². The van der Waals surface area contributed by atoms with E-state index in [-0.39, 0.29) is 9.92 Å². The minimum atomic E-state index is -3.51. The summed E-state index contributed by atoms with van der Waals surface area (Å²) in [4.78, 5) is 7.19. The minimum Gasteiger partial charge on any atom is -0.348 e. The Kier molecular flexibility index (Phi) is 7.15. The molecule has 0 atom stereocenters. The Morgan fingerprint density at radius 1 is 1.06 bits per heavy atom. The van der Waals surface area contributed by atoms with Crippen LogP contribution in [0.3, 0.4) is 0 Å². The van der Waals surface area contributed by atoms with Gasteiger partial charge in [0.15, 0.2) is 15.0 Å². The Morgan fingerprint density at radius 2 is 1.72 bits per heavy atom. The maximum absolute atomic E-state index is 13.2. The predicted molar refractivity (Wildman–Crippen MR) is 134 cm³/mol. The Hall–Kier alpha value is -1.60. The highest BCUT2D eigenvalue weighted by atomic mass is 35.5. The number of thiazole rings is 1. The van der Waals surface area contributed by atoms with Crippen molar-refractivity contribution in [2.75, 3.05) is 18.0 Å². The average Bonchev–Trinajstić information content (AvgIpc) is 3.25. The summed E-state index contributed by atoms with van der Waals surface area (Å²) in [5.74, 6) is 0. The molecular weight excluding hydrogens is 483 g/mol. The van der Waals surface area contributed by atoms with Crippen LogP contribution in [0.4, 0.5) is 5.13 Å². The van der Waals surface area contributed by atoms with Gasteiger partial charge in [-0.3, -0.25) is 0 Å². The van der Waals surface area contributed by atoms with Crippen molar-refractivity contribution in [2.45, 2.75) is 49.7 Å². The van der Waals surface area contributed by atoms with Crippen molar-refractivity contribution in [3.05, 3.63) is 74.2 Å². The largest absolute Gasteiger partial charge is 0.348 e. The Balaban J connectivity index is 1.41. The van der Waals surface area contributed by atoms with Crippen LogP contribution in [0.1, 0.15) is 42.1 Å². The number of halogens is 2. The molecule has 4 nitrogen and oxygen atoms in total. The first-order chi connectivity index (χ1) is 15.3. The molecule has 0 N–H and O–H groups in total. The number of aryl methyl sites for hydroxylation is 2. The minimum absolute atomic E-state index is 0.185. The number of hydrogen-bond acceptors (Lipinski definition) is 5. The molecule has 8 heteroatoms. The zero-order valence-corrected chi connectivity index (χ0v) is 21.3. The number of hydrogen-bond donors (Lipinski definition) is 0. The molecule has 3 aromatic rings. The molecule has 2 aromatic carbocycles. The fourth-order valence-corrected chi connectivity index (χ4v) is 7.46. The zero-order chi connectivity index (χ0) is 22.9. The Bertz CT molecular complexity index is 1200. The van der Waals surface area contributed by atoms with E-state index in [4.69, 9.17) is 28.2 Å². The average molecular weight is 510 g/mol. The molecule has 0 saturated carbocycles. The highest BCUT2D eigenvalue weighted by Crippen LogP contribution is 2.34. The second-order valence-corrected chi connectivity index (χ2v) is 12.1. The smallest absolute Gasteiger partial charge is 0.185 e. The van der Waals surface area contributed by atoms with E-state index in [1.807, 2.05) is 0 Å². The molecule has 1 fully saturated rings. The fraction of sp³-hybridized carbons (Fsp3) is 0.375. The van der Waals surface area contributed by atoms with Crippen molar-refractivity contribution in [2.24, 2.45) is 0 Å². The molecule has 0 aliphatic carbocycles. The van der Waals surface area contributed by atoms with Crippen LogP contribution >= 0.6 is 34.5 Å². The number of nitrogens with zero attached hydrogens (tertiary/aromatic N) is 2. The summed E-state index contributed by atoms with van der Waals surface area (Å²) in [6.45, 7) is 5.26. The van der Waals surface area contributed by atoms with Crippen molar-refractivity contribution in [3.8, 4) is 0 Å². The summed E-state index contributed by atoms with van der Waals surface area (Å²) in [5.41, 5.74) is 4.35. The van der Waals surface area contributed by atoms with Crippen molar-refractivity contribution >= 4 is 49.5 Å². The highest BCUT2D eigenvalue weighted by molar-refractivity contribution is 7.92. The first-order valence-electron chi connectivity index (χ1n) is 10.7. The van der Waals surface area contributed by atoms with Crippen LogP contribution in [0.25, 0.3) is 0 Å². The molecular formula is C24H26Cl2N2O2S2. The summed E-state index contributed by atoms with van der Waals surface area (Å²) in [6.07, 6.45) is 2.94. The van der Waals surface area contributed by atoms with Gasteiger partial charge < -0.3 is 4.90 Å². The normalized spacial score (nSPS) is 15.3. The van der Waals surface area contributed by atoms with Gasteiger partial charge in [0.25, 0.3) is 0 Å². The first kappa shape index (κ1) is 23.6. The molecule has 170 valence electrons. The number of aromatic nitrogens is 1. The molecule has 0 amide bonds. The molecule has 2 heterocycles. The van der Waals surface area contributed by atoms with Gasteiger partial charge in [0.05, 0.1) is 20.9 Å². The summed E-state index contributed by atoms with van der Waals surface area (Å²) in [5, 5.41) is 3.28. The third-order valence-corrected chi connectivity index (χ3v) is 10.1. The second-order valence-electron chi connectivity index (χ2n) is 8.23. The number of benzene rings is 2. The molecule has 1 aromatic heterocycles. The van der Waals surface area contributed by atoms with Crippen LogP contribution < -0.4 is 4.90 Å². The van der Waals surface area contributed by atoms with E-state index in [1.54, 1.807) is 24.3 Å². The molecule has 0 spiro atoms. The molecule has 0 unspecified atom stereocenters. The summed E-state index contributed by atoms with van der Waals surface area (Å²) >= 11 is 13.9. The molecule has 32 heavy (non-hydrogen) atoms. The number of piperidine rings is 1.